The first-order valence-corrected chi connectivity index (χ1v) is 9.39. The molecule has 0 radical (unpaired) electrons. The van der Waals surface area contributed by atoms with E-state index in [0.717, 1.165) is 24.2 Å². The Labute approximate surface area is 115 Å². The van der Waals surface area contributed by atoms with Crippen LogP contribution in [0.2, 0.25) is 18.1 Å². The van der Waals surface area contributed by atoms with Gasteiger partial charge in [0.2, 0.25) is 0 Å². The van der Waals surface area contributed by atoms with Crippen LogP contribution >= 0.6 is 0 Å². The second-order valence-electron chi connectivity index (χ2n) is 5.95. The number of hydrogen-bond donors (Lipinski definition) is 1. The zero-order chi connectivity index (χ0) is 14.5. The molecule has 0 spiro atoms. The molecule has 0 saturated carbocycles. The highest BCUT2D eigenvalue weighted by Gasteiger charge is 2.37. The lowest BCUT2D eigenvalue weighted by Gasteiger charge is -2.35. The summed E-state index contributed by atoms with van der Waals surface area (Å²) >= 11 is 0. The largest absolute Gasteiger partial charge is 0.432 e. The number of aryl methyl sites for hydroxylation is 1. The summed E-state index contributed by atoms with van der Waals surface area (Å²) in [4.78, 5) is 17.5. The van der Waals surface area contributed by atoms with E-state index >= 15 is 0 Å². The van der Waals surface area contributed by atoms with Crippen molar-refractivity contribution in [3.05, 3.63) is 40.0 Å². The van der Waals surface area contributed by atoms with Crippen molar-refractivity contribution in [1.82, 2.24) is 4.98 Å². The Morgan fingerprint density at radius 3 is 2.58 bits per heavy atom. The first-order valence-electron chi connectivity index (χ1n) is 6.44. The number of nitrogens with zero attached hydrogens (tertiary/aromatic N) is 4. The minimum Gasteiger partial charge on any atom is -0.432 e. The van der Waals surface area contributed by atoms with Gasteiger partial charge in [0.1, 0.15) is 0 Å². The van der Waals surface area contributed by atoms with Gasteiger partial charge < -0.3 is 4.80 Å². The van der Waals surface area contributed by atoms with Crippen LogP contribution in [0.5, 0.6) is 0 Å². The van der Waals surface area contributed by atoms with E-state index in [1.54, 1.807) is 0 Å². The Kier molecular flexibility index (Phi) is 5.11. The summed E-state index contributed by atoms with van der Waals surface area (Å²) in [6.45, 7) is 8.46. The lowest BCUT2D eigenvalue weighted by atomic mass is 10.0. The first kappa shape index (κ1) is 15.7. The zero-order valence-electron chi connectivity index (χ0n) is 12.1. The fraction of sp³-hybridized carbons (Fsp3) is 0.615. The van der Waals surface area contributed by atoms with E-state index < -0.39 is 8.32 Å². The average molecular weight is 278 g/mol. The molecule has 0 amide bonds. The molecule has 0 atom stereocenters. The van der Waals surface area contributed by atoms with Crippen LogP contribution in [0.15, 0.2) is 23.3 Å². The molecule has 0 aliphatic rings. The second kappa shape index (κ2) is 6.19. The summed E-state index contributed by atoms with van der Waals surface area (Å²) in [6.07, 6.45) is 1.73. The highest BCUT2D eigenvalue weighted by atomic mass is 28.4. The molecule has 1 aromatic heterocycles. The summed E-state index contributed by atoms with van der Waals surface area (Å²) in [5.74, 6) is 0. The number of azide groups is 1. The van der Waals surface area contributed by atoms with Gasteiger partial charge in [0, 0.05) is 16.3 Å². The monoisotopic (exact) mass is 278 g/mol. The molecule has 6 heteroatoms. The van der Waals surface area contributed by atoms with E-state index in [9.17, 15) is 4.80 Å². The Balaban J connectivity index is 2.70. The number of rotatable bonds is 6. The van der Waals surface area contributed by atoms with E-state index in [2.05, 4.69) is 28.9 Å². The molecule has 0 aromatic carbocycles. The predicted molar refractivity (Wildman–Crippen MR) is 79.1 cm³/mol. The van der Waals surface area contributed by atoms with Crippen LogP contribution in [0, 0.1) is 0 Å². The normalized spacial score (nSPS) is 12.1. The van der Waals surface area contributed by atoms with Gasteiger partial charge in [-0.05, 0) is 48.6 Å². The maximum absolute atomic E-state index is 10.3. The predicted octanol–water partition coefficient (Wildman–Crippen LogP) is 3.80. The van der Waals surface area contributed by atoms with Gasteiger partial charge in [-0.2, -0.15) is 0 Å². The molecule has 1 rings (SSSR count). The van der Waals surface area contributed by atoms with Crippen LogP contribution in [-0.4, -0.2) is 18.1 Å². The van der Waals surface area contributed by atoms with Crippen LogP contribution in [0.1, 0.15) is 31.7 Å². The molecule has 1 heterocycles. The first-order chi connectivity index (χ1) is 8.76. The van der Waals surface area contributed by atoms with Crippen molar-refractivity contribution in [2.45, 2.75) is 51.4 Å². The van der Waals surface area contributed by atoms with E-state index in [1.165, 1.54) is 0 Å². The standard InChI is InChI=1S/C13H22N4OSi/c1-13(2,19(3,4)18)9-8-11-6-5-7-12(16-11)10-15-17-14/h5-7,18H,8-10H2,1-4H3. The van der Waals surface area contributed by atoms with Gasteiger partial charge in [0.25, 0.3) is 0 Å². The lowest BCUT2D eigenvalue weighted by Crippen LogP contribution is -2.39. The maximum Gasteiger partial charge on any atom is 0.188 e. The van der Waals surface area contributed by atoms with Crippen LogP contribution in [0.25, 0.3) is 10.4 Å². The van der Waals surface area contributed by atoms with Crippen molar-refractivity contribution in [3.8, 4) is 0 Å². The quantitative estimate of drug-likeness (QED) is 0.371. The van der Waals surface area contributed by atoms with Crippen molar-refractivity contribution < 1.29 is 4.80 Å². The van der Waals surface area contributed by atoms with Crippen molar-refractivity contribution in [2.24, 2.45) is 5.11 Å². The van der Waals surface area contributed by atoms with Crippen molar-refractivity contribution in [1.29, 1.82) is 0 Å². The van der Waals surface area contributed by atoms with Gasteiger partial charge >= 0.3 is 0 Å². The van der Waals surface area contributed by atoms with E-state index in [0.29, 0.717) is 0 Å². The summed E-state index contributed by atoms with van der Waals surface area (Å²) in [5, 5.41) is 3.47. The van der Waals surface area contributed by atoms with E-state index in [4.69, 9.17) is 5.53 Å². The van der Waals surface area contributed by atoms with Gasteiger partial charge in [-0.25, -0.2) is 0 Å². The third kappa shape index (κ3) is 4.67. The van der Waals surface area contributed by atoms with Crippen molar-refractivity contribution >= 4 is 8.32 Å². The molecule has 0 aliphatic heterocycles. The molecule has 1 N–H and O–H groups in total. The minimum atomic E-state index is -2.17. The van der Waals surface area contributed by atoms with Gasteiger partial charge in [0.05, 0.1) is 6.54 Å². The third-order valence-electron chi connectivity index (χ3n) is 3.82. The van der Waals surface area contributed by atoms with Gasteiger partial charge in [0.15, 0.2) is 8.32 Å². The fourth-order valence-electron chi connectivity index (χ4n) is 1.61. The smallest absolute Gasteiger partial charge is 0.188 e. The summed E-state index contributed by atoms with van der Waals surface area (Å²) in [6, 6.07) is 5.76. The second-order valence-corrected chi connectivity index (χ2v) is 10.4. The van der Waals surface area contributed by atoms with Crippen LogP contribution in [0.4, 0.5) is 0 Å². The number of hydrogen-bond acceptors (Lipinski definition) is 3. The number of aromatic nitrogens is 1. The zero-order valence-corrected chi connectivity index (χ0v) is 13.1. The lowest BCUT2D eigenvalue weighted by molar-refractivity contribution is 0.450. The highest BCUT2D eigenvalue weighted by Crippen LogP contribution is 2.39. The SMILES string of the molecule is CC(C)(CCc1cccc(CN=[N+]=[N-])n1)[Si](C)(C)O. The Hall–Kier alpha value is -1.36. The fourth-order valence-corrected chi connectivity index (χ4v) is 2.34. The molecule has 0 unspecified atom stereocenters. The third-order valence-corrected chi connectivity index (χ3v) is 7.39. The number of pyridine rings is 1. The minimum absolute atomic E-state index is 0.0461. The molecule has 0 aliphatic carbocycles. The molecule has 0 saturated heterocycles. The summed E-state index contributed by atoms with van der Waals surface area (Å²) < 4.78 is 0. The topological polar surface area (TPSA) is 81.9 Å². The Morgan fingerprint density at radius 2 is 2.00 bits per heavy atom. The van der Waals surface area contributed by atoms with Crippen LogP contribution in [0.3, 0.4) is 0 Å². The Morgan fingerprint density at radius 1 is 1.37 bits per heavy atom. The van der Waals surface area contributed by atoms with E-state index in [-0.39, 0.29) is 11.6 Å². The highest BCUT2D eigenvalue weighted by molar-refractivity contribution is 6.72. The Bertz CT molecular complexity index is 476. The van der Waals surface area contributed by atoms with Crippen molar-refractivity contribution in [3.63, 3.8) is 0 Å². The van der Waals surface area contributed by atoms with Crippen molar-refractivity contribution in [2.75, 3.05) is 0 Å². The van der Waals surface area contributed by atoms with Gasteiger partial charge in [-0.1, -0.05) is 25.0 Å². The maximum atomic E-state index is 10.3. The molecule has 0 bridgehead atoms. The molecular weight excluding hydrogens is 256 g/mol. The molecule has 0 fully saturated rings. The molecule has 5 nitrogen and oxygen atoms in total. The van der Waals surface area contributed by atoms with E-state index in [1.807, 2.05) is 31.3 Å². The molecule has 104 valence electrons. The summed E-state index contributed by atoms with van der Waals surface area (Å²) in [7, 11) is -2.17. The van der Waals surface area contributed by atoms with Gasteiger partial charge in [-0.15, -0.1) is 0 Å². The van der Waals surface area contributed by atoms with Crippen LogP contribution in [-0.2, 0) is 13.0 Å². The molecule has 19 heavy (non-hydrogen) atoms. The van der Waals surface area contributed by atoms with Crippen LogP contribution < -0.4 is 0 Å². The summed E-state index contributed by atoms with van der Waals surface area (Å²) in [5.41, 5.74) is 10.1. The molecule has 1 aromatic rings. The van der Waals surface area contributed by atoms with Gasteiger partial charge in [-0.3, -0.25) is 4.98 Å². The molecular formula is C13H22N4OSi. The average Bonchev–Trinajstić information content (AvgIpc) is 2.33.